The summed E-state index contributed by atoms with van der Waals surface area (Å²) in [4.78, 5) is 2.40. The van der Waals surface area contributed by atoms with Crippen molar-refractivity contribution in [2.45, 2.75) is 25.4 Å². The third-order valence-electron chi connectivity index (χ3n) is 3.54. The lowest BCUT2D eigenvalue weighted by atomic mass is 10.2. The second kappa shape index (κ2) is 5.72. The Kier molecular flexibility index (Phi) is 4.02. The summed E-state index contributed by atoms with van der Waals surface area (Å²) >= 11 is 8.44. The van der Waals surface area contributed by atoms with Crippen molar-refractivity contribution < 1.29 is 0 Å². The number of hydrogen-bond acceptors (Lipinski definition) is 3. The molecule has 0 unspecified atom stereocenters. The molecule has 4 heteroatoms. The van der Waals surface area contributed by atoms with Crippen molar-refractivity contribution in [3.63, 3.8) is 0 Å². The van der Waals surface area contributed by atoms with E-state index in [-0.39, 0.29) is 0 Å². The van der Waals surface area contributed by atoms with Crippen LogP contribution in [0.25, 0.3) is 0 Å². The van der Waals surface area contributed by atoms with Crippen LogP contribution in [0.4, 0.5) is 5.69 Å². The SMILES string of the molecule is Clc1cc(CNC2CC2)ccc1N1CCSCC1. The van der Waals surface area contributed by atoms with Gasteiger partial charge in [-0.3, -0.25) is 0 Å². The third kappa shape index (κ3) is 3.14. The van der Waals surface area contributed by atoms with Gasteiger partial charge in [0.05, 0.1) is 10.7 Å². The van der Waals surface area contributed by atoms with E-state index in [1.54, 1.807) is 0 Å². The molecule has 0 radical (unpaired) electrons. The highest BCUT2D eigenvalue weighted by Crippen LogP contribution is 2.29. The highest BCUT2D eigenvalue weighted by Gasteiger charge is 2.20. The van der Waals surface area contributed by atoms with Crippen molar-refractivity contribution in [2.24, 2.45) is 0 Å². The van der Waals surface area contributed by atoms with Gasteiger partial charge in [0.25, 0.3) is 0 Å². The van der Waals surface area contributed by atoms with E-state index in [1.165, 1.54) is 35.6 Å². The molecule has 2 nitrogen and oxygen atoms in total. The van der Waals surface area contributed by atoms with E-state index < -0.39 is 0 Å². The molecule has 1 saturated heterocycles. The van der Waals surface area contributed by atoms with Crippen molar-refractivity contribution in [3.05, 3.63) is 28.8 Å². The van der Waals surface area contributed by atoms with Crippen LogP contribution in [0.15, 0.2) is 18.2 Å². The zero-order valence-corrected chi connectivity index (χ0v) is 12.1. The van der Waals surface area contributed by atoms with E-state index >= 15 is 0 Å². The van der Waals surface area contributed by atoms with Gasteiger partial charge in [-0.2, -0.15) is 11.8 Å². The molecule has 1 N–H and O–H groups in total. The van der Waals surface area contributed by atoms with Gasteiger partial charge < -0.3 is 10.2 Å². The average Bonchev–Trinajstić information content (AvgIpc) is 3.21. The molecule has 1 aliphatic carbocycles. The Balaban J connectivity index is 1.66. The van der Waals surface area contributed by atoms with Crippen LogP contribution in [0.3, 0.4) is 0 Å². The molecule has 0 amide bonds. The largest absolute Gasteiger partial charge is 0.369 e. The van der Waals surface area contributed by atoms with Gasteiger partial charge in [0.2, 0.25) is 0 Å². The second-order valence-electron chi connectivity index (χ2n) is 5.04. The second-order valence-corrected chi connectivity index (χ2v) is 6.67. The molecule has 2 aliphatic rings. The Morgan fingerprint density at radius 2 is 2.06 bits per heavy atom. The van der Waals surface area contributed by atoms with Crippen molar-refractivity contribution in [1.82, 2.24) is 5.32 Å². The van der Waals surface area contributed by atoms with Crippen LogP contribution in [0.5, 0.6) is 0 Å². The normalized spacial score (nSPS) is 20.2. The van der Waals surface area contributed by atoms with Gasteiger partial charge in [0.15, 0.2) is 0 Å². The fourth-order valence-corrected chi connectivity index (χ4v) is 3.50. The number of halogens is 1. The van der Waals surface area contributed by atoms with Gasteiger partial charge in [-0.15, -0.1) is 0 Å². The summed E-state index contributed by atoms with van der Waals surface area (Å²) in [7, 11) is 0. The third-order valence-corrected chi connectivity index (χ3v) is 4.78. The monoisotopic (exact) mass is 282 g/mol. The molecule has 0 atom stereocenters. The topological polar surface area (TPSA) is 15.3 Å². The minimum absolute atomic E-state index is 0.752. The summed E-state index contributed by atoms with van der Waals surface area (Å²) in [5.41, 5.74) is 2.49. The molecular weight excluding hydrogens is 264 g/mol. The first-order valence-corrected chi connectivity index (χ1v) is 8.21. The number of nitrogens with zero attached hydrogens (tertiary/aromatic N) is 1. The minimum atomic E-state index is 0.752. The van der Waals surface area contributed by atoms with Crippen LogP contribution in [0, 0.1) is 0 Å². The molecule has 1 heterocycles. The first kappa shape index (κ1) is 12.6. The van der Waals surface area contributed by atoms with Gasteiger partial charge in [-0.05, 0) is 30.5 Å². The summed E-state index contributed by atoms with van der Waals surface area (Å²) in [6, 6.07) is 7.26. The maximum atomic E-state index is 6.42. The zero-order valence-electron chi connectivity index (χ0n) is 10.5. The predicted octanol–water partition coefficient (Wildman–Crippen LogP) is 3.15. The Labute approximate surface area is 118 Å². The summed E-state index contributed by atoms with van der Waals surface area (Å²) in [6.45, 7) is 3.18. The highest BCUT2D eigenvalue weighted by atomic mass is 35.5. The van der Waals surface area contributed by atoms with Crippen molar-refractivity contribution in [1.29, 1.82) is 0 Å². The van der Waals surface area contributed by atoms with Crippen LogP contribution < -0.4 is 10.2 Å². The van der Waals surface area contributed by atoms with Gasteiger partial charge in [0, 0.05) is 37.2 Å². The van der Waals surface area contributed by atoms with E-state index in [0.29, 0.717) is 0 Å². The van der Waals surface area contributed by atoms with E-state index in [1.807, 2.05) is 11.8 Å². The van der Waals surface area contributed by atoms with Crippen molar-refractivity contribution in [2.75, 3.05) is 29.5 Å². The Morgan fingerprint density at radius 1 is 1.28 bits per heavy atom. The first-order chi connectivity index (χ1) is 8.83. The molecule has 2 fully saturated rings. The average molecular weight is 283 g/mol. The van der Waals surface area contributed by atoms with Gasteiger partial charge in [0.1, 0.15) is 0 Å². The minimum Gasteiger partial charge on any atom is -0.369 e. The Morgan fingerprint density at radius 3 is 2.72 bits per heavy atom. The molecule has 1 saturated carbocycles. The molecule has 0 aromatic heterocycles. The zero-order chi connectivity index (χ0) is 12.4. The molecule has 18 heavy (non-hydrogen) atoms. The van der Waals surface area contributed by atoms with Crippen LogP contribution in [-0.4, -0.2) is 30.6 Å². The van der Waals surface area contributed by atoms with Gasteiger partial charge in [-0.25, -0.2) is 0 Å². The molecular formula is C14H19ClN2S. The molecule has 3 rings (SSSR count). The highest BCUT2D eigenvalue weighted by molar-refractivity contribution is 7.99. The maximum Gasteiger partial charge on any atom is 0.0642 e. The summed E-state index contributed by atoms with van der Waals surface area (Å²) in [6.07, 6.45) is 2.66. The standard InChI is InChI=1S/C14H19ClN2S/c15-13-9-11(10-16-12-2-3-12)1-4-14(13)17-5-7-18-8-6-17/h1,4,9,12,16H,2-3,5-8,10H2. The molecule has 0 bridgehead atoms. The lowest BCUT2D eigenvalue weighted by molar-refractivity contribution is 0.688. The van der Waals surface area contributed by atoms with E-state index in [2.05, 4.69) is 28.4 Å². The first-order valence-electron chi connectivity index (χ1n) is 6.67. The number of thioether (sulfide) groups is 1. The summed E-state index contributed by atoms with van der Waals surface area (Å²) in [5, 5.41) is 4.42. The lowest BCUT2D eigenvalue weighted by Crippen LogP contribution is -2.32. The van der Waals surface area contributed by atoms with Crippen molar-refractivity contribution in [3.8, 4) is 0 Å². The van der Waals surface area contributed by atoms with Crippen LogP contribution >= 0.6 is 23.4 Å². The summed E-state index contributed by atoms with van der Waals surface area (Å²) < 4.78 is 0. The predicted molar refractivity (Wildman–Crippen MR) is 80.9 cm³/mol. The Bertz CT molecular complexity index is 414. The van der Waals surface area contributed by atoms with Crippen LogP contribution in [-0.2, 0) is 6.54 Å². The van der Waals surface area contributed by atoms with Crippen LogP contribution in [0.1, 0.15) is 18.4 Å². The van der Waals surface area contributed by atoms with E-state index in [9.17, 15) is 0 Å². The van der Waals surface area contributed by atoms with Crippen LogP contribution in [0.2, 0.25) is 5.02 Å². The fourth-order valence-electron chi connectivity index (χ4n) is 2.27. The van der Waals surface area contributed by atoms with Gasteiger partial charge in [-0.1, -0.05) is 17.7 Å². The number of anilines is 1. The summed E-state index contributed by atoms with van der Waals surface area (Å²) in [5.74, 6) is 2.42. The molecule has 1 aromatic carbocycles. The van der Waals surface area contributed by atoms with E-state index in [4.69, 9.17) is 11.6 Å². The lowest BCUT2D eigenvalue weighted by Gasteiger charge is -2.29. The molecule has 0 spiro atoms. The van der Waals surface area contributed by atoms with Crippen molar-refractivity contribution >= 4 is 29.1 Å². The smallest absolute Gasteiger partial charge is 0.0642 e. The van der Waals surface area contributed by atoms with Gasteiger partial charge >= 0.3 is 0 Å². The molecule has 1 aliphatic heterocycles. The maximum absolute atomic E-state index is 6.42. The Hall–Kier alpha value is -0.380. The molecule has 98 valence electrons. The number of hydrogen-bond donors (Lipinski definition) is 1. The fraction of sp³-hybridized carbons (Fsp3) is 0.571. The number of rotatable bonds is 4. The van der Waals surface area contributed by atoms with E-state index in [0.717, 1.165) is 30.7 Å². The number of benzene rings is 1. The quantitative estimate of drug-likeness (QED) is 0.913. The molecule has 1 aromatic rings. The number of nitrogens with one attached hydrogen (secondary N) is 1.